The van der Waals surface area contributed by atoms with Crippen LogP contribution in [0.4, 0.5) is 0 Å². The number of fused-ring (bicyclic) bond motifs is 1. The number of rotatable bonds is 6. The Morgan fingerprint density at radius 3 is 2.79 bits per heavy atom. The van der Waals surface area contributed by atoms with Crippen molar-refractivity contribution in [1.82, 2.24) is 0 Å². The van der Waals surface area contributed by atoms with Gasteiger partial charge in [-0.25, -0.2) is 0 Å². The standard InChI is InChI=1S/C17H25NO/c1-2-19-16-8-12(9-16)7-15(18)11-14-10-13-5-3-4-6-17(13)14/h3-6,12,14-16H,2,7-11,18H2,1H3. The van der Waals surface area contributed by atoms with Gasteiger partial charge < -0.3 is 10.5 Å². The van der Waals surface area contributed by atoms with Gasteiger partial charge in [0.05, 0.1) is 6.10 Å². The Bertz CT molecular complexity index is 425. The van der Waals surface area contributed by atoms with Crippen molar-refractivity contribution in [3.63, 3.8) is 0 Å². The van der Waals surface area contributed by atoms with Gasteiger partial charge in [0.2, 0.25) is 0 Å². The molecule has 2 heteroatoms. The molecule has 1 saturated carbocycles. The average Bonchev–Trinajstić information content (AvgIpc) is 2.33. The monoisotopic (exact) mass is 259 g/mol. The van der Waals surface area contributed by atoms with Crippen LogP contribution in [0.3, 0.4) is 0 Å². The predicted molar refractivity (Wildman–Crippen MR) is 78.2 cm³/mol. The summed E-state index contributed by atoms with van der Waals surface area (Å²) in [5.41, 5.74) is 9.40. The molecule has 2 nitrogen and oxygen atoms in total. The summed E-state index contributed by atoms with van der Waals surface area (Å²) >= 11 is 0. The van der Waals surface area contributed by atoms with Gasteiger partial charge in [0.15, 0.2) is 0 Å². The molecular weight excluding hydrogens is 234 g/mol. The molecule has 2 aliphatic rings. The van der Waals surface area contributed by atoms with Crippen molar-refractivity contribution in [2.24, 2.45) is 11.7 Å². The van der Waals surface area contributed by atoms with Gasteiger partial charge in [0, 0.05) is 12.6 Å². The second-order valence-corrected chi connectivity index (χ2v) is 6.25. The summed E-state index contributed by atoms with van der Waals surface area (Å²) < 4.78 is 5.61. The molecule has 0 radical (unpaired) electrons. The first-order valence-electron chi connectivity index (χ1n) is 7.71. The molecule has 0 bridgehead atoms. The third-order valence-corrected chi connectivity index (χ3v) is 4.78. The fourth-order valence-corrected chi connectivity index (χ4v) is 3.70. The zero-order valence-corrected chi connectivity index (χ0v) is 11.8. The molecule has 1 fully saturated rings. The van der Waals surface area contributed by atoms with Crippen molar-refractivity contribution >= 4 is 0 Å². The fourth-order valence-electron chi connectivity index (χ4n) is 3.70. The van der Waals surface area contributed by atoms with Crippen LogP contribution in [0, 0.1) is 5.92 Å². The van der Waals surface area contributed by atoms with E-state index >= 15 is 0 Å². The lowest BCUT2D eigenvalue weighted by atomic mass is 9.72. The highest BCUT2D eigenvalue weighted by atomic mass is 16.5. The summed E-state index contributed by atoms with van der Waals surface area (Å²) in [5, 5.41) is 0. The van der Waals surface area contributed by atoms with Gasteiger partial charge >= 0.3 is 0 Å². The minimum atomic E-state index is 0.367. The van der Waals surface area contributed by atoms with E-state index in [1.165, 1.54) is 31.2 Å². The van der Waals surface area contributed by atoms with E-state index in [9.17, 15) is 0 Å². The Morgan fingerprint density at radius 1 is 1.26 bits per heavy atom. The Morgan fingerprint density at radius 2 is 2.05 bits per heavy atom. The van der Waals surface area contributed by atoms with E-state index in [0.717, 1.165) is 18.9 Å². The highest BCUT2D eigenvalue weighted by Crippen LogP contribution is 2.40. The molecule has 3 rings (SSSR count). The van der Waals surface area contributed by atoms with Crippen molar-refractivity contribution in [3.05, 3.63) is 35.4 Å². The summed E-state index contributed by atoms with van der Waals surface area (Å²) in [5.74, 6) is 1.52. The zero-order chi connectivity index (χ0) is 13.2. The van der Waals surface area contributed by atoms with E-state index in [4.69, 9.17) is 10.5 Å². The van der Waals surface area contributed by atoms with Gasteiger partial charge in [-0.3, -0.25) is 0 Å². The summed E-state index contributed by atoms with van der Waals surface area (Å²) in [6.45, 7) is 2.93. The quantitative estimate of drug-likeness (QED) is 0.851. The van der Waals surface area contributed by atoms with Crippen LogP contribution in [0.25, 0.3) is 0 Å². The van der Waals surface area contributed by atoms with E-state index < -0.39 is 0 Å². The molecule has 2 N–H and O–H groups in total. The van der Waals surface area contributed by atoms with Crippen LogP contribution < -0.4 is 5.73 Å². The molecule has 0 amide bonds. The first kappa shape index (κ1) is 13.1. The van der Waals surface area contributed by atoms with E-state index in [1.54, 1.807) is 5.56 Å². The van der Waals surface area contributed by atoms with Crippen molar-refractivity contribution in [1.29, 1.82) is 0 Å². The number of hydrogen-bond acceptors (Lipinski definition) is 2. The minimum Gasteiger partial charge on any atom is -0.378 e. The summed E-state index contributed by atoms with van der Waals surface area (Å²) in [6, 6.07) is 9.17. The van der Waals surface area contributed by atoms with Crippen LogP contribution >= 0.6 is 0 Å². The average molecular weight is 259 g/mol. The molecule has 104 valence electrons. The van der Waals surface area contributed by atoms with Crippen molar-refractivity contribution < 1.29 is 4.74 Å². The molecule has 0 heterocycles. The maximum Gasteiger partial charge on any atom is 0.0580 e. The molecular formula is C17H25NO. The maximum absolute atomic E-state index is 6.33. The predicted octanol–water partition coefficient (Wildman–Crippen LogP) is 3.25. The van der Waals surface area contributed by atoms with Gasteiger partial charge in [-0.1, -0.05) is 24.3 Å². The molecule has 2 aliphatic carbocycles. The van der Waals surface area contributed by atoms with Gasteiger partial charge in [0.1, 0.15) is 0 Å². The topological polar surface area (TPSA) is 35.2 Å². The van der Waals surface area contributed by atoms with Gasteiger partial charge in [-0.05, 0) is 62.0 Å². The van der Waals surface area contributed by atoms with Crippen LogP contribution in [-0.4, -0.2) is 18.8 Å². The lowest BCUT2D eigenvalue weighted by molar-refractivity contribution is -0.0284. The van der Waals surface area contributed by atoms with Crippen LogP contribution in [-0.2, 0) is 11.2 Å². The molecule has 2 atom stereocenters. The van der Waals surface area contributed by atoms with E-state index in [2.05, 4.69) is 31.2 Å². The lowest BCUT2D eigenvalue weighted by Gasteiger charge is -2.38. The number of benzene rings is 1. The van der Waals surface area contributed by atoms with Crippen molar-refractivity contribution in [3.8, 4) is 0 Å². The molecule has 0 saturated heterocycles. The van der Waals surface area contributed by atoms with Gasteiger partial charge in [-0.2, -0.15) is 0 Å². The second-order valence-electron chi connectivity index (χ2n) is 6.25. The first-order chi connectivity index (χ1) is 9.26. The fraction of sp³-hybridized carbons (Fsp3) is 0.647. The van der Waals surface area contributed by atoms with Gasteiger partial charge in [-0.15, -0.1) is 0 Å². The van der Waals surface area contributed by atoms with Crippen LogP contribution in [0.1, 0.15) is 49.7 Å². The normalized spacial score (nSPS) is 30.1. The van der Waals surface area contributed by atoms with E-state index in [0.29, 0.717) is 18.1 Å². The van der Waals surface area contributed by atoms with E-state index in [1.807, 2.05) is 0 Å². The SMILES string of the molecule is CCOC1CC(CC(N)CC2Cc3ccccc32)C1. The Labute approximate surface area is 116 Å². The summed E-state index contributed by atoms with van der Waals surface area (Å²) in [7, 11) is 0. The number of ether oxygens (including phenoxy) is 1. The van der Waals surface area contributed by atoms with Crippen LogP contribution in [0.5, 0.6) is 0 Å². The molecule has 0 aliphatic heterocycles. The Balaban J connectivity index is 1.40. The van der Waals surface area contributed by atoms with E-state index in [-0.39, 0.29) is 0 Å². The Hall–Kier alpha value is -0.860. The lowest BCUT2D eigenvalue weighted by Crippen LogP contribution is -2.37. The number of nitrogens with two attached hydrogens (primary N) is 1. The van der Waals surface area contributed by atoms with Gasteiger partial charge in [0.25, 0.3) is 0 Å². The highest BCUT2D eigenvalue weighted by Gasteiger charge is 2.32. The van der Waals surface area contributed by atoms with Crippen LogP contribution in [0.15, 0.2) is 24.3 Å². The third-order valence-electron chi connectivity index (χ3n) is 4.78. The third kappa shape index (κ3) is 2.85. The molecule has 2 unspecified atom stereocenters. The second kappa shape index (κ2) is 5.64. The molecule has 1 aromatic rings. The maximum atomic E-state index is 6.33. The molecule has 0 spiro atoms. The summed E-state index contributed by atoms with van der Waals surface area (Å²) in [6.07, 6.45) is 6.54. The highest BCUT2D eigenvalue weighted by molar-refractivity contribution is 5.39. The smallest absolute Gasteiger partial charge is 0.0580 e. The number of hydrogen-bond donors (Lipinski definition) is 1. The molecule has 1 aromatic carbocycles. The molecule has 0 aromatic heterocycles. The zero-order valence-electron chi connectivity index (χ0n) is 11.8. The van der Waals surface area contributed by atoms with Crippen molar-refractivity contribution in [2.75, 3.05) is 6.61 Å². The molecule has 19 heavy (non-hydrogen) atoms. The van der Waals surface area contributed by atoms with Crippen molar-refractivity contribution in [2.45, 2.75) is 57.1 Å². The minimum absolute atomic E-state index is 0.367. The first-order valence-corrected chi connectivity index (χ1v) is 7.71. The summed E-state index contributed by atoms with van der Waals surface area (Å²) in [4.78, 5) is 0. The largest absolute Gasteiger partial charge is 0.378 e. The van der Waals surface area contributed by atoms with Crippen LogP contribution in [0.2, 0.25) is 0 Å². The Kier molecular flexibility index (Phi) is 3.90.